The lowest BCUT2D eigenvalue weighted by molar-refractivity contribution is -0.138. The van der Waals surface area contributed by atoms with Gasteiger partial charge in [-0.15, -0.1) is 6.58 Å². The number of likely N-dealkylation sites (tertiary alicyclic amines) is 1. The van der Waals surface area contributed by atoms with Gasteiger partial charge < -0.3 is 15.3 Å². The number of aliphatic carboxylic acids is 1. The summed E-state index contributed by atoms with van der Waals surface area (Å²) in [7, 11) is 0. The maximum absolute atomic E-state index is 11.9. The average Bonchev–Trinajstić information content (AvgIpc) is 2.28. The molecule has 0 aromatic rings. The molecule has 1 fully saturated rings. The highest BCUT2D eigenvalue weighted by Gasteiger charge is 2.25. The highest BCUT2D eigenvalue weighted by Crippen LogP contribution is 2.19. The molecule has 102 valence electrons. The number of hydrogen-bond acceptors (Lipinski definition) is 2. The van der Waals surface area contributed by atoms with E-state index in [-0.39, 0.29) is 24.4 Å². The summed E-state index contributed by atoms with van der Waals surface area (Å²) in [6, 6.07) is -0.0331. The Kier molecular flexibility index (Phi) is 5.68. The maximum atomic E-state index is 11.9. The monoisotopic (exact) mass is 254 g/mol. The van der Waals surface area contributed by atoms with Gasteiger partial charge in [-0.3, -0.25) is 4.79 Å². The molecule has 2 N–H and O–H groups in total. The van der Waals surface area contributed by atoms with Crippen LogP contribution < -0.4 is 5.32 Å². The first-order chi connectivity index (χ1) is 8.52. The van der Waals surface area contributed by atoms with Crippen LogP contribution in [0.4, 0.5) is 4.79 Å². The summed E-state index contributed by atoms with van der Waals surface area (Å²) in [6.45, 7) is 6.82. The Hall–Kier alpha value is -1.52. The molecule has 0 saturated carbocycles. The first-order valence-corrected chi connectivity index (χ1v) is 6.41. The van der Waals surface area contributed by atoms with Crippen molar-refractivity contribution in [2.24, 2.45) is 5.92 Å². The predicted molar refractivity (Wildman–Crippen MR) is 69.4 cm³/mol. The molecule has 1 saturated heterocycles. The lowest BCUT2D eigenvalue weighted by Gasteiger charge is -2.32. The number of urea groups is 1. The number of piperidine rings is 1. The molecule has 18 heavy (non-hydrogen) atoms. The smallest absolute Gasteiger partial charge is 0.317 e. The van der Waals surface area contributed by atoms with Gasteiger partial charge in [0.1, 0.15) is 0 Å². The molecule has 0 aliphatic carbocycles. The lowest BCUT2D eigenvalue weighted by atomic mass is 9.95. The Bertz CT molecular complexity index is 317. The van der Waals surface area contributed by atoms with Gasteiger partial charge in [-0.1, -0.05) is 6.08 Å². The fraction of sp³-hybridized carbons (Fsp3) is 0.692. The largest absolute Gasteiger partial charge is 0.481 e. The number of rotatable bonds is 5. The zero-order valence-corrected chi connectivity index (χ0v) is 10.9. The summed E-state index contributed by atoms with van der Waals surface area (Å²) in [6.07, 6.45) is 4.41. The van der Waals surface area contributed by atoms with Gasteiger partial charge in [0, 0.05) is 25.6 Å². The molecule has 2 amide bonds. The third-order valence-electron chi connectivity index (χ3n) is 3.16. The Labute approximate surface area is 108 Å². The van der Waals surface area contributed by atoms with Crippen LogP contribution >= 0.6 is 0 Å². The van der Waals surface area contributed by atoms with Crippen molar-refractivity contribution in [3.05, 3.63) is 12.7 Å². The summed E-state index contributed by atoms with van der Waals surface area (Å²) in [5.74, 6) is -0.709. The van der Waals surface area contributed by atoms with Crippen LogP contribution in [0.5, 0.6) is 0 Å². The average molecular weight is 254 g/mol. The van der Waals surface area contributed by atoms with Gasteiger partial charge in [-0.2, -0.15) is 0 Å². The van der Waals surface area contributed by atoms with E-state index in [4.69, 9.17) is 5.11 Å². The minimum atomic E-state index is -0.790. The Morgan fingerprint density at radius 3 is 2.94 bits per heavy atom. The molecule has 1 rings (SSSR count). The number of nitrogens with one attached hydrogen (secondary N) is 1. The second-order valence-electron chi connectivity index (χ2n) is 4.93. The van der Waals surface area contributed by atoms with E-state index in [2.05, 4.69) is 11.9 Å². The molecule has 1 aliphatic heterocycles. The molecule has 0 radical (unpaired) electrons. The van der Waals surface area contributed by atoms with Crippen LogP contribution in [0.2, 0.25) is 0 Å². The zero-order valence-electron chi connectivity index (χ0n) is 10.9. The Morgan fingerprint density at radius 1 is 1.61 bits per heavy atom. The van der Waals surface area contributed by atoms with Crippen molar-refractivity contribution in [3.8, 4) is 0 Å². The summed E-state index contributed by atoms with van der Waals surface area (Å²) in [5, 5.41) is 11.7. The molecule has 0 aromatic carbocycles. The van der Waals surface area contributed by atoms with Gasteiger partial charge in [0.15, 0.2) is 0 Å². The zero-order chi connectivity index (χ0) is 13.5. The van der Waals surface area contributed by atoms with Crippen LogP contribution in [0.3, 0.4) is 0 Å². The van der Waals surface area contributed by atoms with E-state index in [1.54, 1.807) is 11.0 Å². The van der Waals surface area contributed by atoms with Crippen molar-refractivity contribution in [2.75, 3.05) is 13.1 Å². The van der Waals surface area contributed by atoms with Gasteiger partial charge in [0.25, 0.3) is 0 Å². The fourth-order valence-corrected chi connectivity index (χ4v) is 2.27. The van der Waals surface area contributed by atoms with Crippen LogP contribution in [0.15, 0.2) is 12.7 Å². The van der Waals surface area contributed by atoms with Crippen molar-refractivity contribution in [1.82, 2.24) is 10.2 Å². The second-order valence-corrected chi connectivity index (χ2v) is 4.93. The number of carbonyl (C=O) groups is 2. The molecule has 5 heteroatoms. The van der Waals surface area contributed by atoms with E-state index in [1.165, 1.54) is 0 Å². The molecule has 0 bridgehead atoms. The summed E-state index contributed by atoms with van der Waals surface area (Å²) < 4.78 is 0. The van der Waals surface area contributed by atoms with Crippen molar-refractivity contribution < 1.29 is 14.7 Å². The number of carboxylic acids is 1. The molecule has 2 atom stereocenters. The van der Waals surface area contributed by atoms with Gasteiger partial charge in [-0.25, -0.2) is 4.79 Å². The van der Waals surface area contributed by atoms with Gasteiger partial charge >= 0.3 is 12.0 Å². The fourth-order valence-electron chi connectivity index (χ4n) is 2.27. The summed E-state index contributed by atoms with van der Waals surface area (Å²) >= 11 is 0. The van der Waals surface area contributed by atoms with Crippen LogP contribution in [-0.2, 0) is 4.79 Å². The van der Waals surface area contributed by atoms with E-state index in [1.807, 2.05) is 6.92 Å². The lowest BCUT2D eigenvalue weighted by Crippen LogP contribution is -2.48. The summed E-state index contributed by atoms with van der Waals surface area (Å²) in [5.41, 5.74) is 0. The summed E-state index contributed by atoms with van der Waals surface area (Å²) in [4.78, 5) is 24.3. The maximum Gasteiger partial charge on any atom is 0.317 e. The topological polar surface area (TPSA) is 69.6 Å². The molecule has 5 nitrogen and oxygen atoms in total. The number of carboxylic acid groups (broad SMARTS) is 1. The van der Waals surface area contributed by atoms with E-state index >= 15 is 0 Å². The first kappa shape index (κ1) is 14.5. The Balaban J connectivity index is 2.42. The molecule has 0 aromatic heterocycles. The van der Waals surface area contributed by atoms with Gasteiger partial charge in [0.05, 0.1) is 0 Å². The number of amides is 2. The first-order valence-electron chi connectivity index (χ1n) is 6.41. The molecule has 1 heterocycles. The van der Waals surface area contributed by atoms with Gasteiger partial charge in [0.2, 0.25) is 0 Å². The normalized spacial score (nSPS) is 21.2. The van der Waals surface area contributed by atoms with Gasteiger partial charge in [-0.05, 0) is 32.1 Å². The van der Waals surface area contributed by atoms with Crippen LogP contribution in [0.25, 0.3) is 0 Å². The van der Waals surface area contributed by atoms with E-state index in [0.29, 0.717) is 13.1 Å². The van der Waals surface area contributed by atoms with E-state index in [9.17, 15) is 9.59 Å². The molecule has 1 aliphatic rings. The quantitative estimate of drug-likeness (QED) is 0.736. The second kappa shape index (κ2) is 7.03. The highest BCUT2D eigenvalue weighted by molar-refractivity contribution is 5.74. The Morgan fingerprint density at radius 2 is 2.33 bits per heavy atom. The number of hydrogen-bond donors (Lipinski definition) is 2. The minimum absolute atomic E-state index is 0.0647. The highest BCUT2D eigenvalue weighted by atomic mass is 16.4. The minimum Gasteiger partial charge on any atom is -0.481 e. The predicted octanol–water partition coefficient (Wildman–Crippen LogP) is 1.85. The van der Waals surface area contributed by atoms with Crippen molar-refractivity contribution in [2.45, 2.75) is 38.6 Å². The third kappa shape index (κ3) is 4.77. The molecular weight excluding hydrogens is 232 g/mol. The SMILES string of the molecule is C=CCC(C)NC(=O)N1CCCC(CC(=O)O)C1. The van der Waals surface area contributed by atoms with Crippen molar-refractivity contribution in [1.29, 1.82) is 0 Å². The molecule has 0 spiro atoms. The van der Waals surface area contributed by atoms with Crippen molar-refractivity contribution in [3.63, 3.8) is 0 Å². The van der Waals surface area contributed by atoms with E-state index < -0.39 is 5.97 Å². The number of nitrogens with zero attached hydrogens (tertiary/aromatic N) is 1. The van der Waals surface area contributed by atoms with Crippen LogP contribution in [0, 0.1) is 5.92 Å². The molecule has 2 unspecified atom stereocenters. The van der Waals surface area contributed by atoms with E-state index in [0.717, 1.165) is 19.3 Å². The third-order valence-corrected chi connectivity index (χ3v) is 3.16. The van der Waals surface area contributed by atoms with Crippen LogP contribution in [-0.4, -0.2) is 41.1 Å². The number of carbonyl (C=O) groups excluding carboxylic acids is 1. The molecular formula is C13H22N2O3. The van der Waals surface area contributed by atoms with Crippen molar-refractivity contribution >= 4 is 12.0 Å². The van der Waals surface area contributed by atoms with Crippen LogP contribution in [0.1, 0.15) is 32.6 Å². The standard InChI is InChI=1S/C13H22N2O3/c1-3-5-10(2)14-13(18)15-7-4-6-11(9-15)8-12(16)17/h3,10-11H,1,4-9H2,2H3,(H,14,18)(H,16,17).